The van der Waals surface area contributed by atoms with Crippen molar-refractivity contribution in [1.29, 1.82) is 0 Å². The summed E-state index contributed by atoms with van der Waals surface area (Å²) >= 11 is 6.23. The molecule has 3 heterocycles. The Morgan fingerprint density at radius 2 is 2.10 bits per heavy atom. The maximum Gasteiger partial charge on any atom is 0.300 e. The Balaban J connectivity index is 1.71. The number of aliphatic hydroxyl groups excluding tert-OH is 1. The number of ether oxygens (including phenoxy) is 4. The van der Waals surface area contributed by atoms with Crippen molar-refractivity contribution in [2.24, 2.45) is 0 Å². The summed E-state index contributed by atoms with van der Waals surface area (Å²) in [6, 6.07) is 3.27. The number of nitrogens with zero attached hydrogens (tertiary/aromatic N) is 3. The quantitative estimate of drug-likeness (QED) is 0.432. The molecule has 0 radical (unpaired) electrons. The monoisotopic (exact) mass is 457 g/mol. The third-order valence-corrected chi connectivity index (χ3v) is 6.97. The van der Waals surface area contributed by atoms with Crippen LogP contribution in [0.5, 0.6) is 6.01 Å². The zero-order chi connectivity index (χ0) is 21.9. The molecule has 10 heteroatoms. The van der Waals surface area contributed by atoms with Crippen LogP contribution in [0, 0.1) is 6.92 Å². The average molecular weight is 458 g/mol. The highest BCUT2D eigenvalue weighted by atomic mass is 35.5. The normalized spacial score (nSPS) is 20.8. The molecule has 0 saturated carbocycles. The summed E-state index contributed by atoms with van der Waals surface area (Å²) in [6.45, 7) is 12.7. The topological polar surface area (TPSA) is 87.9 Å². The van der Waals surface area contributed by atoms with Gasteiger partial charge in [0.15, 0.2) is 5.65 Å². The molecule has 1 N–H and O–H groups in total. The first-order chi connectivity index (χ1) is 14.1. The fraction of sp³-hybridized carbons (Fsp3) is 0.700. The lowest BCUT2D eigenvalue weighted by Crippen LogP contribution is -2.31. The van der Waals surface area contributed by atoms with Crippen LogP contribution in [0.15, 0.2) is 6.07 Å². The van der Waals surface area contributed by atoms with Gasteiger partial charge in [0, 0.05) is 14.7 Å². The van der Waals surface area contributed by atoms with Crippen LogP contribution in [0.25, 0.3) is 11.2 Å². The predicted molar refractivity (Wildman–Crippen MR) is 118 cm³/mol. The smallest absolute Gasteiger partial charge is 0.300 e. The fourth-order valence-electron chi connectivity index (χ4n) is 2.99. The van der Waals surface area contributed by atoms with Crippen molar-refractivity contribution < 1.29 is 24.1 Å². The van der Waals surface area contributed by atoms with E-state index in [-0.39, 0.29) is 12.2 Å². The average Bonchev–Trinajstić information content (AvgIpc) is 3.20. The van der Waals surface area contributed by atoms with Gasteiger partial charge in [0.25, 0.3) is 0 Å². The molecule has 3 rings (SSSR count). The van der Waals surface area contributed by atoms with E-state index in [0.717, 1.165) is 11.7 Å². The number of pyridine rings is 1. The molecular formula is C20H32ClN3O5Si. The van der Waals surface area contributed by atoms with Crippen molar-refractivity contribution in [3.05, 3.63) is 16.8 Å². The second-order valence-corrected chi connectivity index (χ2v) is 15.0. The summed E-state index contributed by atoms with van der Waals surface area (Å²) in [7, 11) is -1.18. The van der Waals surface area contributed by atoms with Gasteiger partial charge in [0.05, 0.1) is 30.5 Å². The Labute approximate surface area is 183 Å². The molecule has 0 spiro atoms. The molecule has 1 saturated heterocycles. The van der Waals surface area contributed by atoms with Gasteiger partial charge in [-0.05, 0) is 26.0 Å². The first kappa shape index (κ1) is 23.4. The van der Waals surface area contributed by atoms with Crippen molar-refractivity contribution in [2.75, 3.05) is 26.4 Å². The summed E-state index contributed by atoms with van der Waals surface area (Å²) < 4.78 is 24.8. The molecule has 168 valence electrons. The second kappa shape index (κ2) is 9.93. The van der Waals surface area contributed by atoms with E-state index in [1.165, 1.54) is 0 Å². The molecule has 2 aromatic heterocycles. The molecule has 0 bridgehead atoms. The number of aromatic nitrogens is 3. The zero-order valence-electron chi connectivity index (χ0n) is 18.4. The molecule has 2 aromatic rings. The van der Waals surface area contributed by atoms with E-state index in [9.17, 15) is 5.11 Å². The van der Waals surface area contributed by atoms with E-state index in [0.29, 0.717) is 55.4 Å². The fourth-order valence-corrected chi connectivity index (χ4v) is 3.89. The zero-order valence-corrected chi connectivity index (χ0v) is 20.1. The van der Waals surface area contributed by atoms with Crippen LogP contribution in [0.1, 0.15) is 12.6 Å². The number of aryl methyl sites for hydroxylation is 1. The van der Waals surface area contributed by atoms with Crippen LogP contribution in [0.2, 0.25) is 30.7 Å². The van der Waals surface area contributed by atoms with Gasteiger partial charge >= 0.3 is 6.01 Å². The number of fused-ring (bicyclic) bond motifs is 1. The number of hydrogen-bond acceptors (Lipinski definition) is 7. The van der Waals surface area contributed by atoms with Gasteiger partial charge in [-0.2, -0.15) is 4.98 Å². The first-order valence-corrected chi connectivity index (χ1v) is 14.4. The van der Waals surface area contributed by atoms with Crippen molar-refractivity contribution in [1.82, 2.24) is 14.5 Å². The minimum atomic E-state index is -1.18. The maximum absolute atomic E-state index is 9.82. The van der Waals surface area contributed by atoms with Crippen LogP contribution in [-0.2, 0) is 20.9 Å². The molecule has 1 aliphatic rings. The predicted octanol–water partition coefficient (Wildman–Crippen LogP) is 3.25. The molecule has 3 unspecified atom stereocenters. The lowest BCUT2D eigenvalue weighted by Gasteiger charge is -2.19. The highest BCUT2D eigenvalue weighted by molar-refractivity contribution is 6.76. The van der Waals surface area contributed by atoms with Gasteiger partial charge in [-0.3, -0.25) is 4.57 Å². The third-order valence-electron chi connectivity index (χ3n) is 4.88. The van der Waals surface area contributed by atoms with Gasteiger partial charge in [-0.15, -0.1) is 0 Å². The van der Waals surface area contributed by atoms with Crippen molar-refractivity contribution in [3.8, 4) is 6.01 Å². The van der Waals surface area contributed by atoms with Gasteiger partial charge in [-0.25, -0.2) is 4.98 Å². The van der Waals surface area contributed by atoms with Gasteiger partial charge in [0.2, 0.25) is 0 Å². The minimum absolute atomic E-state index is 0.285. The van der Waals surface area contributed by atoms with E-state index in [4.69, 9.17) is 30.5 Å². The summed E-state index contributed by atoms with van der Waals surface area (Å²) in [4.78, 5) is 9.16. The lowest BCUT2D eigenvalue weighted by atomic mass is 10.2. The van der Waals surface area contributed by atoms with Gasteiger partial charge in [-0.1, -0.05) is 31.2 Å². The second-order valence-electron chi connectivity index (χ2n) is 8.97. The molecule has 8 nitrogen and oxygen atoms in total. The Kier molecular flexibility index (Phi) is 7.75. The van der Waals surface area contributed by atoms with Crippen LogP contribution < -0.4 is 4.74 Å². The minimum Gasteiger partial charge on any atom is -0.459 e. The molecular weight excluding hydrogens is 426 g/mol. The Bertz CT molecular complexity index is 857. The van der Waals surface area contributed by atoms with E-state index in [1.54, 1.807) is 6.07 Å². The van der Waals surface area contributed by atoms with Crippen LogP contribution in [0.4, 0.5) is 0 Å². The van der Waals surface area contributed by atoms with Gasteiger partial charge in [0.1, 0.15) is 30.6 Å². The first-order valence-electron chi connectivity index (χ1n) is 10.3. The van der Waals surface area contributed by atoms with Crippen LogP contribution in [0.3, 0.4) is 0 Å². The Hall–Kier alpha value is -1.23. The van der Waals surface area contributed by atoms with Crippen LogP contribution in [-0.4, -0.2) is 72.5 Å². The van der Waals surface area contributed by atoms with Crippen molar-refractivity contribution in [2.45, 2.75) is 64.6 Å². The van der Waals surface area contributed by atoms with E-state index >= 15 is 0 Å². The summed E-state index contributed by atoms with van der Waals surface area (Å²) in [5.74, 6) is 0. The molecule has 0 aliphatic carbocycles. The van der Waals surface area contributed by atoms with Crippen molar-refractivity contribution in [3.63, 3.8) is 0 Å². The number of halogens is 1. The number of hydrogen-bond donors (Lipinski definition) is 1. The maximum atomic E-state index is 9.82. The Morgan fingerprint density at radius 1 is 1.33 bits per heavy atom. The molecule has 0 amide bonds. The molecule has 3 atom stereocenters. The highest BCUT2D eigenvalue weighted by Crippen LogP contribution is 2.25. The number of rotatable bonds is 10. The number of aliphatic hydroxyl groups is 1. The summed E-state index contributed by atoms with van der Waals surface area (Å²) in [5.41, 5.74) is 2.06. The highest BCUT2D eigenvalue weighted by Gasteiger charge is 2.28. The largest absolute Gasteiger partial charge is 0.459 e. The Morgan fingerprint density at radius 3 is 2.77 bits per heavy atom. The summed E-state index contributed by atoms with van der Waals surface area (Å²) in [5, 5.41) is 10.4. The SMILES string of the molecule is Cc1nc2c(cc1Cl)nc(OC(C)COC1COCC1O)n2COCC[Si](C)(C)C. The van der Waals surface area contributed by atoms with Gasteiger partial charge < -0.3 is 24.1 Å². The standard InChI is InChI=1S/C20H32ClN3O5Si/c1-13(9-28-18-11-27-10-17(18)25)29-20-23-16-8-15(21)14(2)22-19(16)24(20)12-26-6-7-30(3,4)5/h8,13,17-18,25H,6-7,9-12H2,1-5H3. The lowest BCUT2D eigenvalue weighted by molar-refractivity contribution is -0.0396. The van der Waals surface area contributed by atoms with Crippen LogP contribution >= 0.6 is 11.6 Å². The third kappa shape index (κ3) is 6.15. The number of imidazole rings is 1. The van der Waals surface area contributed by atoms with E-state index in [1.807, 2.05) is 18.4 Å². The van der Waals surface area contributed by atoms with Crippen molar-refractivity contribution >= 4 is 30.8 Å². The molecule has 30 heavy (non-hydrogen) atoms. The molecule has 0 aromatic carbocycles. The molecule has 1 fully saturated rings. The van der Waals surface area contributed by atoms with E-state index < -0.39 is 14.2 Å². The van der Waals surface area contributed by atoms with E-state index in [2.05, 4.69) is 29.6 Å². The summed E-state index contributed by atoms with van der Waals surface area (Å²) in [6.07, 6.45) is -1.22. The molecule has 1 aliphatic heterocycles.